The molecule has 1 atom stereocenters. The van der Waals surface area contributed by atoms with Crippen molar-refractivity contribution in [2.24, 2.45) is 0 Å². The average molecular weight is 351 g/mol. The number of carbonyl (C=O) groups excluding carboxylic acids is 1. The fourth-order valence-electron chi connectivity index (χ4n) is 2.48. The van der Waals surface area contributed by atoms with Gasteiger partial charge < -0.3 is 14.7 Å². The number of rotatable bonds is 4. The molecule has 3 rings (SSSR count). The standard InChI is InChI=1S/C14H17N5O4S/c1-9-5-12(18-23-9)17-13(20)10-6-15-14(16-7-10)19(2)11-3-4-24(21,22)8-11/h5-7,11H,3-4,8H2,1-2H3,(H,17,18,20). The van der Waals surface area contributed by atoms with Crippen LogP contribution in [0.3, 0.4) is 0 Å². The summed E-state index contributed by atoms with van der Waals surface area (Å²) in [6.07, 6.45) is 3.34. The van der Waals surface area contributed by atoms with Gasteiger partial charge in [-0.2, -0.15) is 0 Å². The number of aryl methyl sites for hydroxylation is 1. The Hall–Kier alpha value is -2.49. The molecular formula is C14H17N5O4S. The van der Waals surface area contributed by atoms with E-state index in [0.29, 0.717) is 23.9 Å². The highest BCUT2D eigenvalue weighted by molar-refractivity contribution is 7.91. The minimum Gasteiger partial charge on any atom is -0.360 e. The number of hydrogen-bond donors (Lipinski definition) is 1. The third-order valence-electron chi connectivity index (χ3n) is 3.84. The summed E-state index contributed by atoms with van der Waals surface area (Å²) in [6.45, 7) is 1.72. The third kappa shape index (κ3) is 3.53. The van der Waals surface area contributed by atoms with Crippen LogP contribution in [0.5, 0.6) is 0 Å². The Bertz CT molecular complexity index is 846. The maximum Gasteiger partial charge on any atom is 0.260 e. The van der Waals surface area contributed by atoms with Crippen molar-refractivity contribution < 1.29 is 17.7 Å². The fourth-order valence-corrected chi connectivity index (χ4v) is 4.25. The monoisotopic (exact) mass is 351 g/mol. The summed E-state index contributed by atoms with van der Waals surface area (Å²) in [6, 6.07) is 1.45. The zero-order chi connectivity index (χ0) is 17.3. The summed E-state index contributed by atoms with van der Waals surface area (Å²) in [5, 5.41) is 6.26. The number of aromatic nitrogens is 3. The smallest absolute Gasteiger partial charge is 0.260 e. The van der Waals surface area contributed by atoms with Crippen molar-refractivity contribution in [1.29, 1.82) is 0 Å². The Morgan fingerprint density at radius 3 is 2.62 bits per heavy atom. The van der Waals surface area contributed by atoms with E-state index in [2.05, 4.69) is 20.4 Å². The van der Waals surface area contributed by atoms with Gasteiger partial charge in [0.25, 0.3) is 5.91 Å². The van der Waals surface area contributed by atoms with Crippen molar-refractivity contribution >= 4 is 27.5 Å². The summed E-state index contributed by atoms with van der Waals surface area (Å²) in [5.74, 6) is 1.16. The van der Waals surface area contributed by atoms with Crippen LogP contribution in [0.1, 0.15) is 22.5 Å². The van der Waals surface area contributed by atoms with Gasteiger partial charge in [0.1, 0.15) is 5.76 Å². The topological polar surface area (TPSA) is 118 Å². The zero-order valence-corrected chi connectivity index (χ0v) is 14.1. The number of sulfone groups is 1. The molecule has 0 spiro atoms. The molecule has 0 aliphatic carbocycles. The quantitative estimate of drug-likeness (QED) is 0.853. The van der Waals surface area contributed by atoms with Gasteiger partial charge in [-0.15, -0.1) is 0 Å². The van der Waals surface area contributed by atoms with Crippen molar-refractivity contribution in [3.63, 3.8) is 0 Å². The van der Waals surface area contributed by atoms with Gasteiger partial charge in [0, 0.05) is 31.5 Å². The van der Waals surface area contributed by atoms with Gasteiger partial charge >= 0.3 is 0 Å². The van der Waals surface area contributed by atoms with Crippen LogP contribution in [0.2, 0.25) is 0 Å². The van der Waals surface area contributed by atoms with E-state index in [4.69, 9.17) is 4.52 Å². The van der Waals surface area contributed by atoms with E-state index in [1.54, 1.807) is 24.9 Å². The van der Waals surface area contributed by atoms with Crippen LogP contribution in [0, 0.1) is 6.92 Å². The lowest BCUT2D eigenvalue weighted by molar-refractivity contribution is 0.102. The van der Waals surface area contributed by atoms with Crippen LogP contribution in [-0.2, 0) is 9.84 Å². The number of hydrogen-bond acceptors (Lipinski definition) is 8. The van der Waals surface area contributed by atoms with E-state index in [9.17, 15) is 13.2 Å². The number of nitrogens with zero attached hydrogens (tertiary/aromatic N) is 4. The van der Waals surface area contributed by atoms with Crippen LogP contribution in [0.4, 0.5) is 11.8 Å². The molecule has 1 amide bonds. The second kappa shape index (κ2) is 6.19. The van der Waals surface area contributed by atoms with Gasteiger partial charge in [-0.1, -0.05) is 5.16 Å². The highest BCUT2D eigenvalue weighted by atomic mass is 32.2. The molecule has 2 aromatic rings. The Morgan fingerprint density at radius 2 is 2.08 bits per heavy atom. The Labute approximate surface area is 139 Å². The van der Waals surface area contributed by atoms with Crippen LogP contribution in [-0.4, -0.2) is 54.0 Å². The lowest BCUT2D eigenvalue weighted by atomic mass is 10.2. The fraction of sp³-hybridized carbons (Fsp3) is 0.429. The molecule has 10 heteroatoms. The normalized spacial score (nSPS) is 19.2. The molecule has 24 heavy (non-hydrogen) atoms. The SMILES string of the molecule is Cc1cc(NC(=O)c2cnc(N(C)C3CCS(=O)(=O)C3)nc2)no1. The van der Waals surface area contributed by atoms with E-state index in [0.717, 1.165) is 0 Å². The molecule has 1 aliphatic rings. The Morgan fingerprint density at radius 1 is 1.38 bits per heavy atom. The lowest BCUT2D eigenvalue weighted by Crippen LogP contribution is -2.34. The predicted octanol–water partition coefficient (Wildman–Crippen LogP) is 0.649. The maximum atomic E-state index is 12.1. The second-order valence-electron chi connectivity index (χ2n) is 5.72. The molecule has 3 heterocycles. The molecule has 0 aromatic carbocycles. The Kier molecular flexibility index (Phi) is 4.22. The molecule has 1 N–H and O–H groups in total. The minimum absolute atomic E-state index is 0.0978. The molecule has 128 valence electrons. The van der Waals surface area contributed by atoms with Crippen LogP contribution in [0.15, 0.2) is 23.0 Å². The first-order valence-electron chi connectivity index (χ1n) is 7.34. The summed E-state index contributed by atoms with van der Waals surface area (Å²) in [5.41, 5.74) is 0.270. The van der Waals surface area contributed by atoms with Gasteiger partial charge in [0.05, 0.1) is 17.1 Å². The van der Waals surface area contributed by atoms with Crippen LogP contribution < -0.4 is 10.2 Å². The first kappa shape index (κ1) is 16.4. The van der Waals surface area contributed by atoms with E-state index >= 15 is 0 Å². The Balaban J connectivity index is 1.67. The molecule has 1 saturated heterocycles. The number of nitrogens with one attached hydrogen (secondary N) is 1. The molecule has 1 unspecified atom stereocenters. The highest BCUT2D eigenvalue weighted by Crippen LogP contribution is 2.20. The average Bonchev–Trinajstić information content (AvgIpc) is 3.12. The van der Waals surface area contributed by atoms with Gasteiger partial charge in [-0.3, -0.25) is 4.79 Å². The van der Waals surface area contributed by atoms with Gasteiger partial charge in [-0.05, 0) is 13.3 Å². The van der Waals surface area contributed by atoms with Crippen molar-refractivity contribution in [3.8, 4) is 0 Å². The molecule has 2 aromatic heterocycles. The van der Waals surface area contributed by atoms with Gasteiger partial charge in [0.2, 0.25) is 5.95 Å². The third-order valence-corrected chi connectivity index (χ3v) is 5.59. The van der Waals surface area contributed by atoms with E-state index in [-0.39, 0.29) is 23.1 Å². The first-order chi connectivity index (χ1) is 11.3. The highest BCUT2D eigenvalue weighted by Gasteiger charge is 2.31. The zero-order valence-electron chi connectivity index (χ0n) is 13.3. The molecule has 0 radical (unpaired) electrons. The molecule has 0 bridgehead atoms. The largest absolute Gasteiger partial charge is 0.360 e. The molecule has 0 saturated carbocycles. The summed E-state index contributed by atoms with van der Waals surface area (Å²) in [7, 11) is -1.23. The molecular weight excluding hydrogens is 334 g/mol. The minimum atomic E-state index is -2.98. The van der Waals surface area contributed by atoms with Crippen LogP contribution >= 0.6 is 0 Å². The van der Waals surface area contributed by atoms with E-state index < -0.39 is 15.7 Å². The molecule has 9 nitrogen and oxygen atoms in total. The van der Waals surface area contributed by atoms with Crippen molar-refractivity contribution in [1.82, 2.24) is 15.1 Å². The first-order valence-corrected chi connectivity index (χ1v) is 9.16. The van der Waals surface area contributed by atoms with E-state index in [1.807, 2.05) is 0 Å². The number of carbonyl (C=O) groups is 1. The van der Waals surface area contributed by atoms with E-state index in [1.165, 1.54) is 12.4 Å². The summed E-state index contributed by atoms with van der Waals surface area (Å²) in [4.78, 5) is 22.1. The number of anilines is 2. The van der Waals surface area contributed by atoms with Crippen molar-refractivity contribution in [2.75, 3.05) is 28.8 Å². The predicted molar refractivity (Wildman–Crippen MR) is 86.7 cm³/mol. The van der Waals surface area contributed by atoms with Crippen molar-refractivity contribution in [3.05, 3.63) is 29.8 Å². The van der Waals surface area contributed by atoms with Gasteiger partial charge in [0.15, 0.2) is 15.7 Å². The summed E-state index contributed by atoms with van der Waals surface area (Å²) >= 11 is 0. The second-order valence-corrected chi connectivity index (χ2v) is 7.95. The van der Waals surface area contributed by atoms with Crippen LogP contribution in [0.25, 0.3) is 0 Å². The van der Waals surface area contributed by atoms with Gasteiger partial charge in [-0.25, -0.2) is 18.4 Å². The summed E-state index contributed by atoms with van der Waals surface area (Å²) < 4.78 is 28.0. The molecule has 1 aliphatic heterocycles. The van der Waals surface area contributed by atoms with Crippen molar-refractivity contribution in [2.45, 2.75) is 19.4 Å². The lowest BCUT2D eigenvalue weighted by Gasteiger charge is -2.23. The molecule has 1 fully saturated rings. The maximum absolute atomic E-state index is 12.1. The number of amides is 1.